The van der Waals surface area contributed by atoms with E-state index in [-0.39, 0.29) is 35.5 Å². The Hall–Kier alpha value is -1.61. The molecule has 148 valence electrons. The minimum Gasteiger partial charge on any atom is -0.353 e. The van der Waals surface area contributed by atoms with Crippen LogP contribution in [0.4, 0.5) is 0 Å². The number of sulfone groups is 1. The van der Waals surface area contributed by atoms with Crippen LogP contribution in [-0.2, 0) is 20.2 Å². The van der Waals surface area contributed by atoms with Crippen molar-refractivity contribution in [2.24, 2.45) is 0 Å². The van der Waals surface area contributed by atoms with Gasteiger partial charge in [-0.05, 0) is 56.3 Å². The monoisotopic (exact) mass is 432 g/mol. The average molecular weight is 433 g/mol. The zero-order chi connectivity index (χ0) is 18.6. The molecule has 0 unspecified atom stereocenters. The van der Waals surface area contributed by atoms with E-state index in [1.165, 1.54) is 24.3 Å². The van der Waals surface area contributed by atoms with Crippen molar-refractivity contribution < 1.29 is 13.2 Å². The number of hydrogen-bond acceptors (Lipinski definition) is 5. The zero-order valence-corrected chi connectivity index (χ0v) is 17.0. The van der Waals surface area contributed by atoms with Gasteiger partial charge in [0.25, 0.3) is 0 Å². The topological polar surface area (TPSA) is 93.1 Å². The number of halogens is 2. The number of amides is 1. The number of aromatic nitrogens is 2. The molecule has 0 saturated carbocycles. The molecule has 0 spiro atoms. The normalized spacial score (nSPS) is 16.3. The number of carbonyl (C=O) groups is 1. The SMILES string of the molecule is Cl.O=C(NCCS(=O)(=O)c1ccc(Cl)cc1)C1(n2cccn2)CCNCC1. The summed E-state index contributed by atoms with van der Waals surface area (Å²) < 4.78 is 26.5. The molecule has 1 fully saturated rings. The van der Waals surface area contributed by atoms with Crippen molar-refractivity contribution in [3.05, 3.63) is 47.7 Å². The first-order valence-electron chi connectivity index (χ1n) is 8.42. The third-order valence-electron chi connectivity index (χ3n) is 4.63. The summed E-state index contributed by atoms with van der Waals surface area (Å²) in [5.41, 5.74) is -0.779. The summed E-state index contributed by atoms with van der Waals surface area (Å²) in [6, 6.07) is 7.79. The van der Waals surface area contributed by atoms with Crippen LogP contribution >= 0.6 is 24.0 Å². The summed E-state index contributed by atoms with van der Waals surface area (Å²) in [4.78, 5) is 13.1. The Morgan fingerprint density at radius 2 is 1.93 bits per heavy atom. The smallest absolute Gasteiger partial charge is 0.248 e. The van der Waals surface area contributed by atoms with Gasteiger partial charge < -0.3 is 10.6 Å². The number of benzene rings is 1. The summed E-state index contributed by atoms with van der Waals surface area (Å²) in [5.74, 6) is -0.373. The molecule has 1 aliphatic rings. The van der Waals surface area contributed by atoms with E-state index < -0.39 is 15.4 Å². The fourth-order valence-corrected chi connectivity index (χ4v) is 4.43. The highest BCUT2D eigenvalue weighted by Gasteiger charge is 2.41. The predicted molar refractivity (Wildman–Crippen MR) is 106 cm³/mol. The summed E-state index contributed by atoms with van der Waals surface area (Å²) in [6.45, 7) is 1.45. The van der Waals surface area contributed by atoms with E-state index in [0.29, 0.717) is 31.0 Å². The fraction of sp³-hybridized carbons (Fsp3) is 0.412. The highest BCUT2D eigenvalue weighted by atomic mass is 35.5. The maximum Gasteiger partial charge on any atom is 0.248 e. The molecule has 2 heterocycles. The van der Waals surface area contributed by atoms with Crippen LogP contribution in [0.2, 0.25) is 5.02 Å². The molecule has 3 rings (SSSR count). The number of nitrogens with one attached hydrogen (secondary N) is 2. The Morgan fingerprint density at radius 3 is 2.52 bits per heavy atom. The average Bonchev–Trinajstić information content (AvgIpc) is 3.17. The highest BCUT2D eigenvalue weighted by Crippen LogP contribution is 2.27. The Morgan fingerprint density at radius 1 is 1.26 bits per heavy atom. The summed E-state index contributed by atoms with van der Waals surface area (Å²) >= 11 is 5.79. The van der Waals surface area contributed by atoms with E-state index in [1.54, 1.807) is 23.1 Å². The maximum atomic E-state index is 12.9. The van der Waals surface area contributed by atoms with Crippen molar-refractivity contribution in [1.29, 1.82) is 0 Å². The molecule has 0 atom stereocenters. The molecule has 0 aliphatic carbocycles. The number of piperidine rings is 1. The van der Waals surface area contributed by atoms with Crippen LogP contribution in [0.15, 0.2) is 47.6 Å². The molecule has 7 nitrogen and oxygen atoms in total. The lowest BCUT2D eigenvalue weighted by Crippen LogP contribution is -2.55. The van der Waals surface area contributed by atoms with Gasteiger partial charge in [-0.15, -0.1) is 12.4 Å². The lowest BCUT2D eigenvalue weighted by molar-refractivity contribution is -0.131. The molecule has 1 aromatic heterocycles. The first-order valence-corrected chi connectivity index (χ1v) is 10.4. The minimum absolute atomic E-state index is 0. The molecule has 0 bridgehead atoms. The molecule has 2 N–H and O–H groups in total. The third kappa shape index (κ3) is 4.82. The van der Waals surface area contributed by atoms with Crippen LogP contribution in [-0.4, -0.2) is 49.5 Å². The molecule has 27 heavy (non-hydrogen) atoms. The summed E-state index contributed by atoms with van der Waals surface area (Å²) in [7, 11) is -3.49. The zero-order valence-electron chi connectivity index (χ0n) is 14.6. The Balaban J connectivity index is 0.00000261. The lowest BCUT2D eigenvalue weighted by atomic mass is 9.87. The number of rotatable bonds is 6. The van der Waals surface area contributed by atoms with Crippen molar-refractivity contribution in [2.75, 3.05) is 25.4 Å². The molecular formula is C17H22Cl2N4O3S. The van der Waals surface area contributed by atoms with Gasteiger partial charge in [-0.3, -0.25) is 9.48 Å². The quantitative estimate of drug-likeness (QED) is 0.723. The molecule has 1 aliphatic heterocycles. The summed E-state index contributed by atoms with van der Waals surface area (Å²) in [6.07, 6.45) is 4.62. The molecule has 10 heteroatoms. The van der Waals surface area contributed by atoms with Crippen LogP contribution in [0.5, 0.6) is 0 Å². The van der Waals surface area contributed by atoms with Crippen LogP contribution in [0.25, 0.3) is 0 Å². The number of hydrogen-bond donors (Lipinski definition) is 2. The number of nitrogens with zero attached hydrogens (tertiary/aromatic N) is 2. The molecule has 2 aromatic rings. The first kappa shape index (κ1) is 21.7. The van der Waals surface area contributed by atoms with E-state index >= 15 is 0 Å². The second kappa shape index (κ2) is 9.05. The van der Waals surface area contributed by atoms with E-state index in [4.69, 9.17) is 11.6 Å². The molecule has 1 saturated heterocycles. The largest absolute Gasteiger partial charge is 0.353 e. The van der Waals surface area contributed by atoms with Gasteiger partial charge in [0.1, 0.15) is 5.54 Å². The molecule has 0 radical (unpaired) electrons. The van der Waals surface area contributed by atoms with E-state index in [9.17, 15) is 13.2 Å². The fourth-order valence-electron chi connectivity index (χ4n) is 3.15. The molecule has 1 amide bonds. The second-order valence-electron chi connectivity index (χ2n) is 6.26. The van der Waals surface area contributed by atoms with Crippen LogP contribution in [0.1, 0.15) is 12.8 Å². The van der Waals surface area contributed by atoms with Crippen molar-refractivity contribution in [3.63, 3.8) is 0 Å². The Labute approximate surface area is 169 Å². The highest BCUT2D eigenvalue weighted by molar-refractivity contribution is 7.91. The summed E-state index contributed by atoms with van der Waals surface area (Å²) in [5, 5.41) is 10.7. The Bertz CT molecular complexity index is 849. The van der Waals surface area contributed by atoms with Gasteiger partial charge in [-0.1, -0.05) is 11.6 Å². The van der Waals surface area contributed by atoms with Gasteiger partial charge in [0.15, 0.2) is 9.84 Å². The van der Waals surface area contributed by atoms with Crippen molar-refractivity contribution in [1.82, 2.24) is 20.4 Å². The third-order valence-corrected chi connectivity index (χ3v) is 6.61. The van der Waals surface area contributed by atoms with Crippen molar-refractivity contribution in [3.8, 4) is 0 Å². The standard InChI is InChI=1S/C17H21ClN4O3S.ClH/c18-14-2-4-15(5-3-14)26(24,25)13-11-20-16(23)17(6-9-19-10-7-17)22-12-1-8-21-22;/h1-5,8,12,19H,6-7,9-11,13H2,(H,20,23);1H. The van der Waals surface area contributed by atoms with Gasteiger partial charge in [-0.25, -0.2) is 8.42 Å². The van der Waals surface area contributed by atoms with E-state index in [2.05, 4.69) is 15.7 Å². The van der Waals surface area contributed by atoms with Crippen molar-refractivity contribution >= 4 is 39.8 Å². The Kier molecular flexibility index (Phi) is 7.27. The van der Waals surface area contributed by atoms with Gasteiger partial charge in [0.2, 0.25) is 5.91 Å². The maximum absolute atomic E-state index is 12.9. The number of carbonyl (C=O) groups excluding carboxylic acids is 1. The lowest BCUT2D eigenvalue weighted by Gasteiger charge is -2.36. The molecular weight excluding hydrogens is 411 g/mol. The predicted octanol–water partition coefficient (Wildman–Crippen LogP) is 1.63. The van der Waals surface area contributed by atoms with Crippen LogP contribution in [0.3, 0.4) is 0 Å². The van der Waals surface area contributed by atoms with Gasteiger partial charge in [0, 0.05) is 24.0 Å². The second-order valence-corrected chi connectivity index (χ2v) is 8.81. The van der Waals surface area contributed by atoms with Crippen LogP contribution < -0.4 is 10.6 Å². The van der Waals surface area contributed by atoms with Gasteiger partial charge in [0.05, 0.1) is 10.6 Å². The van der Waals surface area contributed by atoms with Gasteiger partial charge >= 0.3 is 0 Å². The van der Waals surface area contributed by atoms with E-state index in [1.807, 2.05) is 0 Å². The minimum atomic E-state index is -3.49. The molecule has 1 aromatic carbocycles. The van der Waals surface area contributed by atoms with Crippen LogP contribution in [0, 0.1) is 0 Å². The first-order chi connectivity index (χ1) is 12.4. The van der Waals surface area contributed by atoms with Crippen molar-refractivity contribution in [2.45, 2.75) is 23.3 Å². The van der Waals surface area contributed by atoms with E-state index in [0.717, 1.165) is 0 Å². The van der Waals surface area contributed by atoms with Gasteiger partial charge in [-0.2, -0.15) is 5.10 Å².